The lowest BCUT2D eigenvalue weighted by molar-refractivity contribution is 0.0272. The van der Waals surface area contributed by atoms with E-state index in [2.05, 4.69) is 6.92 Å². The van der Waals surface area contributed by atoms with Crippen molar-refractivity contribution in [1.29, 1.82) is 0 Å². The molecule has 2 rings (SSSR count). The van der Waals surface area contributed by atoms with E-state index in [0.717, 1.165) is 17.7 Å². The molecule has 0 aromatic carbocycles. The van der Waals surface area contributed by atoms with Gasteiger partial charge in [0.1, 0.15) is 5.60 Å². The number of thiophene rings is 1. The van der Waals surface area contributed by atoms with Crippen LogP contribution >= 0.6 is 22.9 Å². The highest BCUT2D eigenvalue weighted by Gasteiger charge is 2.46. The van der Waals surface area contributed by atoms with E-state index in [1.807, 2.05) is 27.7 Å². The highest BCUT2D eigenvalue weighted by molar-refractivity contribution is 7.14. The number of carbonyl (C=O) groups excluding carboxylic acids is 2. The highest BCUT2D eigenvalue weighted by atomic mass is 35.5. The molecule has 1 aromatic heterocycles. The first-order chi connectivity index (χ1) is 11.1. The molecule has 1 amide bonds. The minimum Gasteiger partial charge on any atom is -0.444 e. The number of likely N-dealkylation sites (tertiary alicyclic amines) is 1. The Balaban J connectivity index is 2.20. The Kier molecular flexibility index (Phi) is 5.65. The van der Waals surface area contributed by atoms with E-state index in [4.69, 9.17) is 16.3 Å². The average molecular weight is 372 g/mol. The van der Waals surface area contributed by atoms with Gasteiger partial charge in [-0.25, -0.2) is 4.79 Å². The summed E-state index contributed by atoms with van der Waals surface area (Å²) in [6.07, 6.45) is 1.99. The Morgan fingerprint density at radius 3 is 2.58 bits per heavy atom. The lowest BCUT2D eigenvalue weighted by atomic mass is 9.78. The van der Waals surface area contributed by atoms with E-state index in [9.17, 15) is 9.59 Å². The number of nitrogens with zero attached hydrogens (tertiary/aromatic N) is 1. The van der Waals surface area contributed by atoms with Crippen molar-refractivity contribution in [1.82, 2.24) is 4.90 Å². The van der Waals surface area contributed by atoms with E-state index in [1.165, 1.54) is 11.3 Å². The fourth-order valence-corrected chi connectivity index (χ4v) is 4.43. The number of ether oxygens (including phenoxy) is 1. The smallest absolute Gasteiger partial charge is 0.410 e. The SMILES string of the molecule is CCCC1(C(=O)c2cc(Cl)c(C)s2)CCN(C(=O)OC(C)(C)C)C1. The molecule has 6 heteroatoms. The summed E-state index contributed by atoms with van der Waals surface area (Å²) >= 11 is 7.57. The fraction of sp³-hybridized carbons (Fsp3) is 0.667. The number of Topliss-reactive ketones (excluding diaryl/α,β-unsaturated/α-hetero) is 1. The first kappa shape index (κ1) is 19.3. The molecule has 0 bridgehead atoms. The number of carbonyl (C=O) groups is 2. The Labute approximate surface area is 153 Å². The van der Waals surface area contributed by atoms with Crippen molar-refractivity contribution >= 4 is 34.8 Å². The average Bonchev–Trinajstić information content (AvgIpc) is 3.03. The Hall–Kier alpha value is -1.07. The molecule has 1 saturated heterocycles. The van der Waals surface area contributed by atoms with Crippen LogP contribution in [0.5, 0.6) is 0 Å². The summed E-state index contributed by atoms with van der Waals surface area (Å²) in [5.74, 6) is 0.107. The van der Waals surface area contributed by atoms with Crippen LogP contribution in [-0.2, 0) is 4.74 Å². The molecular formula is C18H26ClNO3S. The van der Waals surface area contributed by atoms with Gasteiger partial charge in [-0.1, -0.05) is 24.9 Å². The van der Waals surface area contributed by atoms with Crippen molar-refractivity contribution < 1.29 is 14.3 Å². The summed E-state index contributed by atoms with van der Waals surface area (Å²) in [5.41, 5.74) is -1.05. The number of ketones is 1. The zero-order chi connectivity index (χ0) is 18.1. The molecule has 1 unspecified atom stereocenters. The van der Waals surface area contributed by atoms with E-state index < -0.39 is 11.0 Å². The van der Waals surface area contributed by atoms with Crippen molar-refractivity contribution in [2.75, 3.05) is 13.1 Å². The first-order valence-electron chi connectivity index (χ1n) is 8.36. The standard InChI is InChI=1S/C18H26ClNO3S/c1-6-7-18(15(21)14-10-13(19)12(2)24-14)8-9-20(11-18)16(22)23-17(3,4)5/h10H,6-9,11H2,1-5H3. The molecule has 1 atom stereocenters. The van der Waals surface area contributed by atoms with Crippen molar-refractivity contribution in [3.63, 3.8) is 0 Å². The lowest BCUT2D eigenvalue weighted by Crippen LogP contribution is -2.39. The van der Waals surface area contributed by atoms with Gasteiger partial charge >= 0.3 is 6.09 Å². The number of hydrogen-bond donors (Lipinski definition) is 0. The van der Waals surface area contributed by atoms with Crippen LogP contribution in [0, 0.1) is 12.3 Å². The van der Waals surface area contributed by atoms with Gasteiger partial charge < -0.3 is 9.64 Å². The molecule has 0 aliphatic carbocycles. The zero-order valence-corrected chi connectivity index (χ0v) is 16.6. The normalized spacial score (nSPS) is 21.2. The Morgan fingerprint density at radius 1 is 1.42 bits per heavy atom. The minimum absolute atomic E-state index is 0.107. The van der Waals surface area contributed by atoms with Crippen LogP contribution in [0.4, 0.5) is 4.79 Å². The molecule has 1 aliphatic rings. The van der Waals surface area contributed by atoms with E-state index in [-0.39, 0.29) is 11.9 Å². The van der Waals surface area contributed by atoms with Crippen LogP contribution in [0.2, 0.25) is 5.02 Å². The highest BCUT2D eigenvalue weighted by Crippen LogP contribution is 2.41. The fourth-order valence-electron chi connectivity index (χ4n) is 3.17. The maximum atomic E-state index is 13.2. The topological polar surface area (TPSA) is 46.6 Å². The van der Waals surface area contributed by atoms with Gasteiger partial charge in [0, 0.05) is 18.0 Å². The van der Waals surface area contributed by atoms with Crippen LogP contribution in [0.1, 0.15) is 61.5 Å². The van der Waals surface area contributed by atoms with E-state index >= 15 is 0 Å². The maximum Gasteiger partial charge on any atom is 0.410 e. The van der Waals surface area contributed by atoms with Gasteiger partial charge in [0.2, 0.25) is 0 Å². The maximum absolute atomic E-state index is 13.2. The van der Waals surface area contributed by atoms with Crippen LogP contribution in [0.3, 0.4) is 0 Å². The van der Waals surface area contributed by atoms with Crippen molar-refractivity contribution in [2.24, 2.45) is 5.41 Å². The van der Waals surface area contributed by atoms with Crippen molar-refractivity contribution in [3.8, 4) is 0 Å². The summed E-state index contributed by atoms with van der Waals surface area (Å²) < 4.78 is 5.46. The van der Waals surface area contributed by atoms with Gasteiger partial charge in [0.25, 0.3) is 0 Å². The van der Waals surface area contributed by atoms with Gasteiger partial charge in [0.15, 0.2) is 5.78 Å². The second-order valence-corrected chi connectivity index (χ2v) is 9.19. The predicted molar refractivity (Wildman–Crippen MR) is 98.2 cm³/mol. The summed E-state index contributed by atoms with van der Waals surface area (Å²) in [4.78, 5) is 28.8. The summed E-state index contributed by atoms with van der Waals surface area (Å²) in [5, 5.41) is 0.636. The predicted octanol–water partition coefficient (Wildman–Crippen LogP) is 5.32. The van der Waals surface area contributed by atoms with E-state index in [0.29, 0.717) is 29.4 Å². The summed E-state index contributed by atoms with van der Waals surface area (Å²) in [7, 11) is 0. The third-order valence-corrected chi connectivity index (χ3v) is 5.85. The lowest BCUT2D eigenvalue weighted by Gasteiger charge is -2.28. The first-order valence-corrected chi connectivity index (χ1v) is 9.56. The molecule has 0 radical (unpaired) electrons. The third kappa shape index (κ3) is 4.12. The van der Waals surface area contributed by atoms with Gasteiger partial charge in [-0.05, 0) is 46.6 Å². The second-order valence-electron chi connectivity index (χ2n) is 7.53. The molecule has 1 aromatic rings. The summed E-state index contributed by atoms with van der Waals surface area (Å²) in [6.45, 7) is 10.5. The molecule has 0 saturated carbocycles. The van der Waals surface area contributed by atoms with E-state index in [1.54, 1.807) is 11.0 Å². The number of rotatable bonds is 4. The third-order valence-electron chi connectivity index (χ3n) is 4.30. The van der Waals surface area contributed by atoms with Crippen molar-refractivity contribution in [3.05, 3.63) is 20.8 Å². The molecular weight excluding hydrogens is 346 g/mol. The second kappa shape index (κ2) is 7.04. The van der Waals surface area contributed by atoms with Crippen LogP contribution in [0.25, 0.3) is 0 Å². The monoisotopic (exact) mass is 371 g/mol. The van der Waals surface area contributed by atoms with Gasteiger partial charge in [-0.3, -0.25) is 4.79 Å². The Morgan fingerprint density at radius 2 is 2.08 bits per heavy atom. The molecule has 4 nitrogen and oxygen atoms in total. The number of hydrogen-bond acceptors (Lipinski definition) is 4. The van der Waals surface area contributed by atoms with Gasteiger partial charge in [-0.2, -0.15) is 0 Å². The molecule has 1 fully saturated rings. The largest absolute Gasteiger partial charge is 0.444 e. The molecule has 134 valence electrons. The molecule has 2 heterocycles. The quantitative estimate of drug-likeness (QED) is 0.673. The van der Waals surface area contributed by atoms with Crippen molar-refractivity contribution in [2.45, 2.75) is 59.5 Å². The number of halogens is 1. The van der Waals surface area contributed by atoms with Crippen LogP contribution in [0.15, 0.2) is 6.07 Å². The minimum atomic E-state index is -0.532. The molecule has 0 N–H and O–H groups in total. The molecule has 24 heavy (non-hydrogen) atoms. The van der Waals surface area contributed by atoms with Crippen LogP contribution < -0.4 is 0 Å². The Bertz CT molecular complexity index is 615. The van der Waals surface area contributed by atoms with Gasteiger partial charge in [0.05, 0.1) is 15.3 Å². The summed E-state index contributed by atoms with van der Waals surface area (Å²) in [6, 6.07) is 1.76. The van der Waals surface area contributed by atoms with Gasteiger partial charge in [-0.15, -0.1) is 11.3 Å². The van der Waals surface area contributed by atoms with Crippen LogP contribution in [-0.4, -0.2) is 35.5 Å². The number of amides is 1. The molecule has 0 spiro atoms. The molecule has 1 aliphatic heterocycles. The number of aryl methyl sites for hydroxylation is 1. The zero-order valence-electron chi connectivity index (χ0n) is 15.1.